The summed E-state index contributed by atoms with van der Waals surface area (Å²) in [4.78, 5) is 2.27. The summed E-state index contributed by atoms with van der Waals surface area (Å²) in [6, 6.07) is 6.80. The third kappa shape index (κ3) is 2.30. The van der Waals surface area contributed by atoms with Crippen LogP contribution in [-0.4, -0.2) is 31.8 Å². The quantitative estimate of drug-likeness (QED) is 0.778. The van der Waals surface area contributed by atoms with Crippen molar-refractivity contribution >= 4 is 0 Å². The van der Waals surface area contributed by atoms with E-state index in [1.54, 1.807) is 0 Å². The van der Waals surface area contributed by atoms with Crippen LogP contribution < -0.4 is 9.47 Å². The Bertz CT molecular complexity index is 363. The molecule has 0 saturated carbocycles. The zero-order chi connectivity index (χ0) is 11.5. The van der Waals surface area contributed by atoms with E-state index < -0.39 is 0 Å². The van der Waals surface area contributed by atoms with Crippen LogP contribution in [0.15, 0.2) is 18.2 Å². The molecule has 1 heterocycles. The molecule has 3 heteroatoms. The maximum Gasteiger partial charge on any atom is 0.231 e. The summed E-state index contributed by atoms with van der Waals surface area (Å²) in [6.07, 6.45) is 2.21. The zero-order valence-corrected chi connectivity index (χ0v) is 10.2. The molecular formula is C13H19NO2. The van der Waals surface area contributed by atoms with E-state index in [1.165, 1.54) is 5.56 Å². The SMILES string of the molecule is CCC(Cc1ccc2c(c1)OCO2)N(C)C. The van der Waals surface area contributed by atoms with Gasteiger partial charge in [-0.05, 0) is 44.6 Å². The molecule has 1 aliphatic rings. The number of rotatable bonds is 4. The molecule has 1 atom stereocenters. The van der Waals surface area contributed by atoms with Crippen LogP contribution >= 0.6 is 0 Å². The number of hydrogen-bond acceptors (Lipinski definition) is 3. The monoisotopic (exact) mass is 221 g/mol. The first-order valence-electron chi connectivity index (χ1n) is 5.75. The Kier molecular flexibility index (Phi) is 3.34. The third-order valence-corrected chi connectivity index (χ3v) is 3.11. The van der Waals surface area contributed by atoms with Gasteiger partial charge in [0.1, 0.15) is 0 Å². The number of nitrogens with zero attached hydrogens (tertiary/aromatic N) is 1. The molecule has 0 spiro atoms. The molecule has 0 aromatic heterocycles. The number of benzene rings is 1. The van der Waals surface area contributed by atoms with Crippen molar-refractivity contribution in [2.24, 2.45) is 0 Å². The lowest BCUT2D eigenvalue weighted by Gasteiger charge is -2.22. The van der Waals surface area contributed by atoms with Gasteiger partial charge >= 0.3 is 0 Å². The molecular weight excluding hydrogens is 202 g/mol. The molecule has 1 aromatic rings. The summed E-state index contributed by atoms with van der Waals surface area (Å²) >= 11 is 0. The summed E-state index contributed by atoms with van der Waals surface area (Å²) in [5.74, 6) is 1.74. The van der Waals surface area contributed by atoms with E-state index in [2.05, 4.69) is 38.1 Å². The number of likely N-dealkylation sites (N-methyl/N-ethyl adjacent to an activating group) is 1. The van der Waals surface area contributed by atoms with Gasteiger partial charge in [-0.15, -0.1) is 0 Å². The van der Waals surface area contributed by atoms with Gasteiger partial charge in [0.15, 0.2) is 11.5 Å². The fraction of sp³-hybridized carbons (Fsp3) is 0.538. The van der Waals surface area contributed by atoms with Crippen LogP contribution in [0, 0.1) is 0 Å². The van der Waals surface area contributed by atoms with E-state index in [0.717, 1.165) is 24.3 Å². The highest BCUT2D eigenvalue weighted by atomic mass is 16.7. The van der Waals surface area contributed by atoms with Crippen LogP contribution in [0.25, 0.3) is 0 Å². The van der Waals surface area contributed by atoms with Crippen molar-refractivity contribution in [2.75, 3.05) is 20.9 Å². The van der Waals surface area contributed by atoms with E-state index in [-0.39, 0.29) is 0 Å². The fourth-order valence-corrected chi connectivity index (χ4v) is 2.03. The molecule has 1 aromatic carbocycles. The van der Waals surface area contributed by atoms with Gasteiger partial charge in [0.25, 0.3) is 0 Å². The van der Waals surface area contributed by atoms with Crippen molar-refractivity contribution in [1.29, 1.82) is 0 Å². The Labute approximate surface area is 97.0 Å². The average molecular weight is 221 g/mol. The fourth-order valence-electron chi connectivity index (χ4n) is 2.03. The minimum absolute atomic E-state index is 0.351. The van der Waals surface area contributed by atoms with Gasteiger partial charge in [-0.25, -0.2) is 0 Å². The predicted molar refractivity (Wildman–Crippen MR) is 64.0 cm³/mol. The number of hydrogen-bond donors (Lipinski definition) is 0. The van der Waals surface area contributed by atoms with E-state index in [4.69, 9.17) is 9.47 Å². The largest absolute Gasteiger partial charge is 0.454 e. The van der Waals surface area contributed by atoms with E-state index >= 15 is 0 Å². The normalized spacial score (nSPS) is 15.5. The van der Waals surface area contributed by atoms with Crippen molar-refractivity contribution in [3.05, 3.63) is 23.8 Å². The Balaban J connectivity index is 2.10. The van der Waals surface area contributed by atoms with Gasteiger partial charge in [0.2, 0.25) is 6.79 Å². The molecule has 0 fully saturated rings. The molecule has 1 aliphatic heterocycles. The van der Waals surface area contributed by atoms with E-state index in [1.807, 2.05) is 6.07 Å². The predicted octanol–water partition coefficient (Wildman–Crippen LogP) is 2.30. The molecule has 2 rings (SSSR count). The lowest BCUT2D eigenvalue weighted by Crippen LogP contribution is -2.29. The number of ether oxygens (including phenoxy) is 2. The van der Waals surface area contributed by atoms with Crippen molar-refractivity contribution in [3.8, 4) is 11.5 Å². The molecule has 0 bridgehead atoms. The zero-order valence-electron chi connectivity index (χ0n) is 10.2. The molecule has 16 heavy (non-hydrogen) atoms. The van der Waals surface area contributed by atoms with E-state index in [0.29, 0.717) is 12.8 Å². The molecule has 0 aliphatic carbocycles. The van der Waals surface area contributed by atoms with Crippen molar-refractivity contribution in [1.82, 2.24) is 4.90 Å². The molecule has 0 saturated heterocycles. The van der Waals surface area contributed by atoms with Crippen molar-refractivity contribution in [3.63, 3.8) is 0 Å². The average Bonchev–Trinajstić information content (AvgIpc) is 2.72. The molecule has 0 N–H and O–H groups in total. The Morgan fingerprint density at radius 2 is 2.00 bits per heavy atom. The van der Waals surface area contributed by atoms with Crippen LogP contribution in [0.2, 0.25) is 0 Å². The maximum absolute atomic E-state index is 5.38. The Morgan fingerprint density at radius 1 is 1.25 bits per heavy atom. The minimum Gasteiger partial charge on any atom is -0.454 e. The van der Waals surface area contributed by atoms with Gasteiger partial charge in [0.05, 0.1) is 0 Å². The molecule has 0 radical (unpaired) electrons. The van der Waals surface area contributed by atoms with Crippen molar-refractivity contribution < 1.29 is 9.47 Å². The van der Waals surface area contributed by atoms with Gasteiger partial charge in [-0.2, -0.15) is 0 Å². The molecule has 3 nitrogen and oxygen atoms in total. The highest BCUT2D eigenvalue weighted by molar-refractivity contribution is 5.44. The number of fused-ring (bicyclic) bond motifs is 1. The Morgan fingerprint density at radius 3 is 2.69 bits per heavy atom. The summed E-state index contributed by atoms with van der Waals surface area (Å²) in [5.41, 5.74) is 1.31. The highest BCUT2D eigenvalue weighted by Gasteiger charge is 2.15. The van der Waals surface area contributed by atoms with Gasteiger partial charge < -0.3 is 14.4 Å². The van der Waals surface area contributed by atoms with Crippen molar-refractivity contribution in [2.45, 2.75) is 25.8 Å². The second-order valence-corrected chi connectivity index (χ2v) is 4.42. The topological polar surface area (TPSA) is 21.7 Å². The van der Waals surface area contributed by atoms with Crippen LogP contribution in [0.3, 0.4) is 0 Å². The van der Waals surface area contributed by atoms with Crippen LogP contribution in [0.5, 0.6) is 11.5 Å². The van der Waals surface area contributed by atoms with Gasteiger partial charge in [-0.3, -0.25) is 0 Å². The summed E-state index contributed by atoms with van der Waals surface area (Å²) in [5, 5.41) is 0. The molecule has 0 amide bonds. The van der Waals surface area contributed by atoms with E-state index in [9.17, 15) is 0 Å². The third-order valence-electron chi connectivity index (χ3n) is 3.11. The van der Waals surface area contributed by atoms with Crippen LogP contribution in [-0.2, 0) is 6.42 Å². The van der Waals surface area contributed by atoms with Gasteiger partial charge in [0, 0.05) is 6.04 Å². The lowest BCUT2D eigenvalue weighted by molar-refractivity contribution is 0.174. The first-order chi connectivity index (χ1) is 7.70. The molecule has 1 unspecified atom stereocenters. The maximum atomic E-state index is 5.38. The second-order valence-electron chi connectivity index (χ2n) is 4.42. The minimum atomic E-state index is 0.351. The summed E-state index contributed by atoms with van der Waals surface area (Å²) in [6.45, 7) is 2.57. The summed E-state index contributed by atoms with van der Waals surface area (Å²) < 4.78 is 10.7. The van der Waals surface area contributed by atoms with Crippen LogP contribution in [0.1, 0.15) is 18.9 Å². The van der Waals surface area contributed by atoms with Crippen LogP contribution in [0.4, 0.5) is 0 Å². The summed E-state index contributed by atoms with van der Waals surface area (Å²) in [7, 11) is 4.25. The lowest BCUT2D eigenvalue weighted by atomic mass is 10.0. The first kappa shape index (κ1) is 11.3. The standard InChI is InChI=1S/C13H19NO2/c1-4-11(14(2)3)7-10-5-6-12-13(8-10)16-9-15-12/h5-6,8,11H,4,7,9H2,1-3H3. The first-order valence-corrected chi connectivity index (χ1v) is 5.75. The Hall–Kier alpha value is -1.22. The second kappa shape index (κ2) is 4.74. The molecule has 88 valence electrons. The smallest absolute Gasteiger partial charge is 0.231 e. The van der Waals surface area contributed by atoms with Gasteiger partial charge in [-0.1, -0.05) is 13.0 Å². The highest BCUT2D eigenvalue weighted by Crippen LogP contribution is 2.33.